The number of rotatable bonds is 4. The lowest BCUT2D eigenvalue weighted by molar-refractivity contribution is 0.0680. The van der Waals surface area contributed by atoms with Gasteiger partial charge in [0.1, 0.15) is 4.75 Å². The van der Waals surface area contributed by atoms with Crippen LogP contribution in [0.25, 0.3) is 10.9 Å². The summed E-state index contributed by atoms with van der Waals surface area (Å²) in [6.45, 7) is 1.55. The Morgan fingerprint density at radius 3 is 2.64 bits per heavy atom. The number of fused-ring (bicyclic) bond motifs is 1. The number of nitrogens with zero attached hydrogens (tertiary/aromatic N) is 1. The van der Waals surface area contributed by atoms with E-state index in [4.69, 9.17) is 0 Å². The molecule has 1 unspecified atom stereocenters. The van der Waals surface area contributed by atoms with Crippen LogP contribution in [0, 0.1) is 0 Å². The van der Waals surface area contributed by atoms with Crippen molar-refractivity contribution >= 4 is 42.6 Å². The zero-order valence-corrected chi connectivity index (χ0v) is 15.5. The average molecular weight is 430 g/mol. The molecule has 3 rings (SSSR count). The maximum Gasteiger partial charge on any atom is 0.300 e. The van der Waals surface area contributed by atoms with E-state index < -0.39 is 27.0 Å². The molecule has 1 heterocycles. The molecule has 1 aliphatic carbocycles. The molecule has 0 N–H and O–H groups in total. The van der Waals surface area contributed by atoms with Gasteiger partial charge in [0.15, 0.2) is 0 Å². The Labute approximate surface area is 152 Å². The van der Waals surface area contributed by atoms with Crippen molar-refractivity contribution in [3.63, 3.8) is 0 Å². The molecule has 0 bridgehead atoms. The molecule has 4 nitrogen and oxygen atoms in total. The second kappa shape index (κ2) is 6.17. The van der Waals surface area contributed by atoms with Crippen molar-refractivity contribution in [2.75, 3.05) is 0 Å². The van der Waals surface area contributed by atoms with Crippen LogP contribution in [0.4, 0.5) is 8.78 Å². The predicted octanol–water partition coefficient (Wildman–Crippen LogP) is 4.26. The van der Waals surface area contributed by atoms with Crippen LogP contribution in [0.1, 0.15) is 23.7 Å². The maximum atomic E-state index is 13.2. The molecule has 0 amide bonds. The second-order valence-corrected chi connectivity index (χ2v) is 9.17. The molecule has 25 heavy (non-hydrogen) atoms. The van der Waals surface area contributed by atoms with E-state index in [9.17, 15) is 22.0 Å². The van der Waals surface area contributed by atoms with Gasteiger partial charge in [-0.15, -0.1) is 0 Å². The van der Waals surface area contributed by atoms with Gasteiger partial charge in [0.05, 0.1) is 11.1 Å². The number of hydrogen-bond donors (Lipinski definition) is 0. The molecule has 1 aromatic heterocycles. The highest BCUT2D eigenvalue weighted by molar-refractivity contribution is 9.11. The molecule has 0 saturated heterocycles. The van der Waals surface area contributed by atoms with Crippen LogP contribution in [0.3, 0.4) is 0 Å². The fourth-order valence-electron chi connectivity index (χ4n) is 2.87. The number of benzene rings is 1. The van der Waals surface area contributed by atoms with Gasteiger partial charge in [-0.3, -0.25) is 4.79 Å². The number of aromatic nitrogens is 1. The van der Waals surface area contributed by atoms with Gasteiger partial charge >= 0.3 is 6.43 Å². The lowest BCUT2D eigenvalue weighted by Gasteiger charge is -2.28. The van der Waals surface area contributed by atoms with E-state index in [0.29, 0.717) is 4.48 Å². The molecule has 0 radical (unpaired) electrons. The number of para-hydroxylation sites is 1. The summed E-state index contributed by atoms with van der Waals surface area (Å²) in [5.74, 6) is -1.39. The predicted molar refractivity (Wildman–Crippen MR) is 95.8 cm³/mol. The highest BCUT2D eigenvalue weighted by Crippen LogP contribution is 2.35. The van der Waals surface area contributed by atoms with Crippen molar-refractivity contribution < 1.29 is 22.0 Å². The fraction of sp³-hybridized carbons (Fsp3) is 0.235. The number of alkyl halides is 2. The lowest BCUT2D eigenvalue weighted by atomic mass is 10.0. The van der Waals surface area contributed by atoms with Crippen molar-refractivity contribution in [2.45, 2.75) is 24.5 Å². The van der Waals surface area contributed by atoms with Crippen LogP contribution in [0.5, 0.6) is 0 Å². The highest BCUT2D eigenvalue weighted by Gasteiger charge is 2.40. The number of carbonyl (C=O) groups is 1. The summed E-state index contributed by atoms with van der Waals surface area (Å²) in [4.78, 5) is 11.8. The van der Waals surface area contributed by atoms with E-state index in [0.717, 1.165) is 10.2 Å². The molecule has 0 spiro atoms. The molecule has 132 valence electrons. The first kappa shape index (κ1) is 18.0. The molecule has 0 fully saturated rings. The normalized spacial score (nSPS) is 20.9. The summed E-state index contributed by atoms with van der Waals surface area (Å²) >= 11 is 3.27. The molecule has 2 aromatic rings. The van der Waals surface area contributed by atoms with Crippen LogP contribution in [0.15, 0.2) is 53.2 Å². The Morgan fingerprint density at radius 1 is 1.32 bits per heavy atom. The van der Waals surface area contributed by atoms with Gasteiger partial charge in [-0.05, 0) is 25.5 Å². The van der Waals surface area contributed by atoms with Gasteiger partial charge in [0.25, 0.3) is 0 Å². The van der Waals surface area contributed by atoms with E-state index in [1.165, 1.54) is 12.1 Å². The SMILES string of the molecule is CC1(S(=O)(=O)n2cc(C(=O)C(F)F)c3ccccc32)C=C(Br)C=CC1. The minimum absolute atomic E-state index is 0.189. The van der Waals surface area contributed by atoms with Gasteiger partial charge < -0.3 is 0 Å². The van der Waals surface area contributed by atoms with Crippen LogP contribution >= 0.6 is 15.9 Å². The van der Waals surface area contributed by atoms with Gasteiger partial charge in [0.2, 0.25) is 15.8 Å². The molecule has 0 aliphatic heterocycles. The summed E-state index contributed by atoms with van der Waals surface area (Å²) < 4.78 is 52.6. The molecule has 1 aliphatic rings. The molecule has 1 atom stereocenters. The third-order valence-corrected chi connectivity index (χ3v) is 7.01. The fourth-order valence-corrected chi connectivity index (χ4v) is 5.41. The third-order valence-electron chi connectivity index (χ3n) is 4.23. The van der Waals surface area contributed by atoms with Crippen LogP contribution < -0.4 is 0 Å². The average Bonchev–Trinajstić information content (AvgIpc) is 2.94. The summed E-state index contributed by atoms with van der Waals surface area (Å²) in [6, 6.07) is 6.13. The van der Waals surface area contributed by atoms with Crippen LogP contribution in [0.2, 0.25) is 0 Å². The summed E-state index contributed by atoms with van der Waals surface area (Å²) in [5, 5.41) is 0.189. The van der Waals surface area contributed by atoms with Crippen LogP contribution in [-0.2, 0) is 10.0 Å². The smallest absolute Gasteiger partial charge is 0.288 e. The number of allylic oxidation sites excluding steroid dienone is 3. The van der Waals surface area contributed by atoms with E-state index in [1.54, 1.807) is 37.3 Å². The molecule has 8 heteroatoms. The standard InChI is InChI=1S/C17H14BrF2NO3S/c1-17(8-4-5-11(18)9-17)25(23,24)21-10-13(15(22)16(19)20)12-6-2-3-7-14(12)21/h2-7,9-10,16H,8H2,1H3. The summed E-state index contributed by atoms with van der Waals surface area (Å²) in [6.07, 6.45) is 3.06. The van der Waals surface area contributed by atoms with Crippen LogP contribution in [-0.4, -0.2) is 29.3 Å². The highest BCUT2D eigenvalue weighted by atomic mass is 79.9. The van der Waals surface area contributed by atoms with Gasteiger partial charge in [-0.2, -0.15) is 0 Å². The summed E-state index contributed by atoms with van der Waals surface area (Å²) in [7, 11) is -4.00. The Balaban J connectivity index is 2.26. The van der Waals surface area contributed by atoms with Gasteiger partial charge in [-0.1, -0.05) is 46.3 Å². The zero-order valence-electron chi connectivity index (χ0n) is 13.1. The molecular weight excluding hydrogens is 416 g/mol. The number of carbonyl (C=O) groups excluding carboxylic acids is 1. The number of halogens is 3. The Kier molecular flexibility index (Phi) is 4.45. The number of ketones is 1. The van der Waals surface area contributed by atoms with Crippen molar-refractivity contribution in [1.82, 2.24) is 3.97 Å². The van der Waals surface area contributed by atoms with Crippen molar-refractivity contribution in [2.24, 2.45) is 0 Å². The third kappa shape index (κ3) is 2.87. The molecule has 0 saturated carbocycles. The molecular formula is C17H14BrF2NO3S. The van der Waals surface area contributed by atoms with E-state index in [2.05, 4.69) is 15.9 Å². The minimum Gasteiger partial charge on any atom is -0.288 e. The second-order valence-electron chi connectivity index (χ2n) is 5.97. The van der Waals surface area contributed by atoms with Crippen molar-refractivity contribution in [1.29, 1.82) is 0 Å². The van der Waals surface area contributed by atoms with Gasteiger partial charge in [-0.25, -0.2) is 21.2 Å². The molecule has 1 aromatic carbocycles. The lowest BCUT2D eigenvalue weighted by Crippen LogP contribution is -2.38. The number of hydrogen-bond acceptors (Lipinski definition) is 3. The Hall–Kier alpha value is -1.80. The van der Waals surface area contributed by atoms with Crippen molar-refractivity contribution in [3.05, 3.63) is 58.7 Å². The van der Waals surface area contributed by atoms with E-state index in [1.807, 2.05) is 0 Å². The van der Waals surface area contributed by atoms with Gasteiger partial charge in [0, 0.05) is 16.1 Å². The first-order valence-electron chi connectivity index (χ1n) is 7.40. The first-order chi connectivity index (χ1) is 11.7. The number of Topliss-reactive ketones (excluding diaryl/α,β-unsaturated/α-hetero) is 1. The zero-order chi connectivity index (χ0) is 18.4. The van der Waals surface area contributed by atoms with E-state index >= 15 is 0 Å². The quantitative estimate of drug-likeness (QED) is 0.682. The summed E-state index contributed by atoms with van der Waals surface area (Å²) in [5.41, 5.74) is -0.0982. The monoisotopic (exact) mass is 429 g/mol. The minimum atomic E-state index is -4.00. The Bertz CT molecular complexity index is 1020. The topological polar surface area (TPSA) is 56.1 Å². The van der Waals surface area contributed by atoms with E-state index in [-0.39, 0.29) is 22.9 Å². The first-order valence-corrected chi connectivity index (χ1v) is 9.63. The van der Waals surface area contributed by atoms with Crippen molar-refractivity contribution in [3.8, 4) is 0 Å². The maximum absolute atomic E-state index is 13.2. The Morgan fingerprint density at radius 2 is 2.00 bits per heavy atom. The largest absolute Gasteiger partial charge is 0.300 e.